The third-order valence-electron chi connectivity index (χ3n) is 14.1. The summed E-state index contributed by atoms with van der Waals surface area (Å²) in [6.45, 7) is 21.6. The molecule has 0 aliphatic carbocycles. The minimum atomic E-state index is -1.47. The van der Waals surface area contributed by atoms with Gasteiger partial charge in [0.15, 0.2) is 24.1 Å². The minimum Gasteiger partial charge on any atom is -0.459 e. The van der Waals surface area contributed by atoms with Crippen molar-refractivity contribution in [2.24, 2.45) is 41.4 Å². The Morgan fingerprint density at radius 3 is 1.50 bits per heavy atom. The van der Waals surface area contributed by atoms with Crippen LogP contribution in [-0.4, -0.2) is 167 Å². The molecular formula is C50H86N2O14. The Labute approximate surface area is 394 Å². The van der Waals surface area contributed by atoms with Gasteiger partial charge in [0.1, 0.15) is 30.0 Å². The maximum absolute atomic E-state index is 13.1. The van der Waals surface area contributed by atoms with Crippen molar-refractivity contribution in [2.45, 2.75) is 200 Å². The first-order valence-electron chi connectivity index (χ1n) is 24.2. The third kappa shape index (κ3) is 15.4. The molecule has 0 amide bonds. The van der Waals surface area contributed by atoms with Crippen LogP contribution in [0.2, 0.25) is 0 Å². The van der Waals surface area contributed by atoms with Crippen LogP contribution >= 0.6 is 0 Å². The van der Waals surface area contributed by atoms with Gasteiger partial charge < -0.3 is 58.6 Å². The summed E-state index contributed by atoms with van der Waals surface area (Å²) in [6.07, 6.45) is 1.07. The van der Waals surface area contributed by atoms with Crippen molar-refractivity contribution in [2.75, 3.05) is 28.2 Å². The van der Waals surface area contributed by atoms with Gasteiger partial charge in [-0.3, -0.25) is 19.2 Å². The molecule has 0 spiro atoms. The molecule has 0 radical (unpaired) electrons. The SMILES string of the molecule is CC[C@H]1OC(=O)[C@H](C)[C@@H](O[C@@H]2O[C@H](C)C[C@H](N(C)C)[C@H]2O)[C@@H](C)C[C@@H](C)C(=O)/C=C/[C@]1(C)O.C[C@@H]1C[C@H](N(C)C)[C@@H](O)[C@H](O[C@H]2[C@@H](C)C[C@@H](C)C(=O)/C=C/[C@@H](C)[C@@H]([C@@H](C)O)OC(=O)[C@@H]2C)O1. The fraction of sp³-hybridized carbons (Fsp3) is 0.840. The number of hydrogen-bond donors (Lipinski definition) is 4. The number of cyclic esters (lactones) is 2. The predicted molar refractivity (Wildman–Crippen MR) is 249 cm³/mol. The van der Waals surface area contributed by atoms with E-state index in [1.54, 1.807) is 33.8 Å². The first-order valence-corrected chi connectivity index (χ1v) is 24.2. The number of carbonyl (C=O) groups is 4. The Morgan fingerprint density at radius 1 is 0.697 bits per heavy atom. The van der Waals surface area contributed by atoms with Crippen molar-refractivity contribution < 1.29 is 68.0 Å². The van der Waals surface area contributed by atoms with Crippen molar-refractivity contribution in [1.29, 1.82) is 0 Å². The summed E-state index contributed by atoms with van der Waals surface area (Å²) in [5.74, 6) is -3.80. The van der Waals surface area contributed by atoms with E-state index in [0.717, 1.165) is 0 Å². The van der Waals surface area contributed by atoms with Crippen LogP contribution in [0.15, 0.2) is 24.3 Å². The van der Waals surface area contributed by atoms with E-state index in [0.29, 0.717) is 32.1 Å². The van der Waals surface area contributed by atoms with Gasteiger partial charge in [0, 0.05) is 29.8 Å². The first-order chi connectivity index (χ1) is 30.6. The molecule has 4 heterocycles. The summed E-state index contributed by atoms with van der Waals surface area (Å²) in [5.41, 5.74) is -1.47. The van der Waals surface area contributed by atoms with E-state index >= 15 is 0 Å². The monoisotopic (exact) mass is 939 g/mol. The van der Waals surface area contributed by atoms with Gasteiger partial charge >= 0.3 is 11.9 Å². The highest BCUT2D eigenvalue weighted by atomic mass is 16.7. The fourth-order valence-corrected chi connectivity index (χ4v) is 9.79. The molecule has 0 unspecified atom stereocenters. The number of rotatable bonds is 8. The summed E-state index contributed by atoms with van der Waals surface area (Å²) >= 11 is 0. The van der Waals surface area contributed by atoms with Gasteiger partial charge in [-0.15, -0.1) is 0 Å². The second-order valence-electron chi connectivity index (χ2n) is 20.7. The van der Waals surface area contributed by atoms with Gasteiger partial charge in [-0.1, -0.05) is 47.6 Å². The maximum Gasteiger partial charge on any atom is 0.311 e. The number of hydrogen-bond acceptors (Lipinski definition) is 16. The lowest BCUT2D eigenvalue weighted by Gasteiger charge is -2.43. The molecule has 0 aromatic heterocycles. The number of esters is 2. The van der Waals surface area contributed by atoms with E-state index in [1.807, 2.05) is 86.5 Å². The lowest BCUT2D eigenvalue weighted by Crippen LogP contribution is -2.56. The van der Waals surface area contributed by atoms with Gasteiger partial charge in [0.25, 0.3) is 0 Å². The standard InChI is InChI=1S/2C25H43NO7/c1-13-9-10-20(28)14(2)11-15(3)22(17(5)24(30)32-23(13)18(6)27)33-25-21(29)19(26(7)8)12-16(4)31-25;1-9-20-25(6,30)11-10-19(27)14(2)12-15(3)22(17(5)23(29)32-20)33-24-21(28)18(26(7)8)13-16(4)31-24/h9-10,13-19,21-23,25,27,29H,11-12H2,1-8H3;10-11,14-18,20-22,24,28,30H,9,12-13H2,1-8H3/b10-9+;11-10+/t13-,14-,15+,16-,17-,18-,19+,21-,22+,23+,25+;14-,15+,16-,17-,18+,20-,21-,22+,24+,25+/m11/s1. The van der Waals surface area contributed by atoms with Crippen molar-refractivity contribution >= 4 is 23.5 Å². The molecule has 4 aliphatic rings. The molecular weight excluding hydrogens is 853 g/mol. The lowest BCUT2D eigenvalue weighted by atomic mass is 9.84. The summed E-state index contributed by atoms with van der Waals surface area (Å²) in [7, 11) is 7.61. The molecule has 66 heavy (non-hydrogen) atoms. The zero-order valence-electron chi connectivity index (χ0n) is 42.7. The molecule has 4 aliphatic heterocycles. The zero-order valence-corrected chi connectivity index (χ0v) is 42.7. The molecule has 16 heteroatoms. The molecule has 16 nitrogen and oxygen atoms in total. The highest BCUT2D eigenvalue weighted by Crippen LogP contribution is 2.35. The van der Waals surface area contributed by atoms with Gasteiger partial charge in [-0.2, -0.15) is 0 Å². The predicted octanol–water partition coefficient (Wildman–Crippen LogP) is 4.47. The lowest BCUT2D eigenvalue weighted by molar-refractivity contribution is -0.279. The molecule has 0 bridgehead atoms. The summed E-state index contributed by atoms with van der Waals surface area (Å²) in [5, 5.41) is 42.9. The Morgan fingerprint density at radius 2 is 1.11 bits per heavy atom. The second-order valence-corrected chi connectivity index (χ2v) is 20.7. The highest BCUT2D eigenvalue weighted by molar-refractivity contribution is 5.92. The van der Waals surface area contributed by atoms with Gasteiger partial charge in [0.2, 0.25) is 0 Å². The number of carbonyl (C=O) groups excluding carboxylic acids is 4. The second kappa shape index (κ2) is 25.3. The molecule has 380 valence electrons. The van der Waals surface area contributed by atoms with E-state index in [2.05, 4.69) is 0 Å². The van der Waals surface area contributed by atoms with Crippen LogP contribution in [0.4, 0.5) is 0 Å². The number of ether oxygens (including phenoxy) is 6. The Bertz CT molecular complexity index is 1580. The van der Waals surface area contributed by atoms with Gasteiger partial charge in [-0.25, -0.2) is 0 Å². The average Bonchev–Trinajstić information content (AvgIpc) is 3.23. The molecule has 21 atom stereocenters. The molecule has 0 aromatic rings. The zero-order chi connectivity index (χ0) is 50.1. The van der Waals surface area contributed by atoms with Crippen molar-refractivity contribution in [3.8, 4) is 0 Å². The number of aliphatic hydroxyl groups excluding tert-OH is 3. The smallest absolute Gasteiger partial charge is 0.311 e. The molecule has 2 saturated heterocycles. The van der Waals surface area contributed by atoms with Crippen LogP contribution in [0.1, 0.15) is 115 Å². The van der Waals surface area contributed by atoms with Crippen LogP contribution in [0.3, 0.4) is 0 Å². The minimum absolute atomic E-state index is 0.0217. The van der Waals surface area contributed by atoms with Crippen LogP contribution in [0.5, 0.6) is 0 Å². The van der Waals surface area contributed by atoms with Gasteiger partial charge in [0.05, 0.1) is 42.4 Å². The van der Waals surface area contributed by atoms with Crippen molar-refractivity contribution in [1.82, 2.24) is 9.80 Å². The Hall–Kier alpha value is -2.64. The van der Waals surface area contributed by atoms with Crippen molar-refractivity contribution in [3.05, 3.63) is 24.3 Å². The van der Waals surface area contributed by atoms with Gasteiger partial charge in [-0.05, 0) is 132 Å². The summed E-state index contributed by atoms with van der Waals surface area (Å²) < 4.78 is 35.9. The normalized spacial score (nSPS) is 44.0. The van der Waals surface area contributed by atoms with Crippen molar-refractivity contribution in [3.63, 3.8) is 0 Å². The largest absolute Gasteiger partial charge is 0.459 e. The molecule has 0 aromatic carbocycles. The molecule has 2 fully saturated rings. The third-order valence-corrected chi connectivity index (χ3v) is 14.1. The molecule has 0 saturated carbocycles. The number of likely N-dealkylation sites (N-methyl/N-ethyl adjacent to an activating group) is 2. The Balaban J connectivity index is 0.000000350. The molecule has 4 N–H and O–H groups in total. The fourth-order valence-electron chi connectivity index (χ4n) is 9.79. The maximum atomic E-state index is 13.1. The molecule has 4 rings (SSSR count). The van der Waals surface area contributed by atoms with Crippen LogP contribution in [0, 0.1) is 41.4 Å². The topological polar surface area (TPSA) is 211 Å². The number of aliphatic hydroxyl groups is 4. The van der Waals surface area contributed by atoms with E-state index < -0.39 is 84.7 Å². The van der Waals surface area contributed by atoms with Crippen LogP contribution < -0.4 is 0 Å². The van der Waals surface area contributed by atoms with E-state index in [-0.39, 0.29) is 65.4 Å². The van der Waals surface area contributed by atoms with E-state index in [9.17, 15) is 39.6 Å². The quantitative estimate of drug-likeness (QED) is 0.248. The van der Waals surface area contributed by atoms with Crippen LogP contribution in [-0.2, 0) is 47.6 Å². The number of ketones is 2. The van der Waals surface area contributed by atoms with E-state index in [1.165, 1.54) is 25.2 Å². The average molecular weight is 939 g/mol. The summed E-state index contributed by atoms with van der Waals surface area (Å²) in [6, 6.07) is -0.290. The summed E-state index contributed by atoms with van der Waals surface area (Å²) in [4.78, 5) is 55.5. The number of nitrogens with zero attached hydrogens (tertiary/aromatic N) is 2. The highest BCUT2D eigenvalue weighted by Gasteiger charge is 2.45. The first kappa shape index (κ1) is 57.7. The number of allylic oxidation sites excluding steroid dienone is 2. The van der Waals surface area contributed by atoms with Crippen LogP contribution in [0.25, 0.3) is 0 Å². The Kier molecular flexibility index (Phi) is 22.1. The van der Waals surface area contributed by atoms with E-state index in [4.69, 9.17) is 28.4 Å².